The second kappa shape index (κ2) is 4.88. The molecule has 0 aromatic heterocycles. The van der Waals surface area contributed by atoms with E-state index in [1.165, 1.54) is 6.92 Å². The molecule has 1 heterocycles. The number of ether oxygens (including phenoxy) is 3. The standard InChI is InChI=1S/C10H13F5O5/c1-5(2)6(16)20-7(3)8(11,12)9(17,10(13,14)15)19-4-18-7/h6,16-17H,1,4H2,2-3H3. The Labute approximate surface area is 110 Å². The van der Waals surface area contributed by atoms with Crippen molar-refractivity contribution in [2.45, 2.75) is 43.8 Å². The largest absolute Gasteiger partial charge is 0.450 e. The van der Waals surface area contributed by atoms with Crippen LogP contribution in [0.1, 0.15) is 13.8 Å². The fourth-order valence-corrected chi connectivity index (χ4v) is 1.40. The van der Waals surface area contributed by atoms with Gasteiger partial charge in [0.05, 0.1) is 0 Å². The van der Waals surface area contributed by atoms with Gasteiger partial charge >= 0.3 is 17.9 Å². The predicted octanol–water partition coefficient (Wildman–Crippen LogP) is 1.50. The molecule has 0 amide bonds. The van der Waals surface area contributed by atoms with Gasteiger partial charge in [-0.2, -0.15) is 22.0 Å². The molecule has 1 fully saturated rings. The second-order valence-corrected chi connectivity index (χ2v) is 4.38. The highest BCUT2D eigenvalue weighted by Gasteiger charge is 2.80. The van der Waals surface area contributed by atoms with Crippen molar-refractivity contribution < 1.29 is 46.4 Å². The molecule has 0 aromatic carbocycles. The number of aliphatic hydroxyl groups is 2. The molecule has 3 unspecified atom stereocenters. The van der Waals surface area contributed by atoms with Gasteiger partial charge in [-0.25, -0.2) is 0 Å². The monoisotopic (exact) mass is 308 g/mol. The first-order valence-corrected chi connectivity index (χ1v) is 5.24. The average molecular weight is 308 g/mol. The third-order valence-electron chi connectivity index (χ3n) is 2.74. The van der Waals surface area contributed by atoms with E-state index in [0.717, 1.165) is 0 Å². The summed E-state index contributed by atoms with van der Waals surface area (Å²) in [6.07, 6.45) is -7.82. The number of rotatable bonds is 3. The van der Waals surface area contributed by atoms with Gasteiger partial charge in [0.25, 0.3) is 0 Å². The van der Waals surface area contributed by atoms with Crippen molar-refractivity contribution in [3.8, 4) is 0 Å². The van der Waals surface area contributed by atoms with Gasteiger partial charge in [-0.05, 0) is 19.4 Å². The zero-order chi connectivity index (χ0) is 16.0. The number of halogens is 5. The van der Waals surface area contributed by atoms with Crippen LogP contribution in [0.25, 0.3) is 0 Å². The highest BCUT2D eigenvalue weighted by Crippen LogP contribution is 2.52. The molecule has 3 atom stereocenters. The van der Waals surface area contributed by atoms with E-state index in [4.69, 9.17) is 5.11 Å². The molecule has 1 aliphatic heterocycles. The third-order valence-corrected chi connectivity index (χ3v) is 2.74. The molecule has 118 valence electrons. The molecule has 5 nitrogen and oxygen atoms in total. The Bertz CT molecular complexity index is 398. The summed E-state index contributed by atoms with van der Waals surface area (Å²) >= 11 is 0. The number of alkyl halides is 5. The summed E-state index contributed by atoms with van der Waals surface area (Å²) in [5.41, 5.74) is -0.146. The number of hydrogen-bond acceptors (Lipinski definition) is 5. The summed E-state index contributed by atoms with van der Waals surface area (Å²) in [6, 6.07) is 0. The summed E-state index contributed by atoms with van der Waals surface area (Å²) in [5, 5.41) is 18.5. The van der Waals surface area contributed by atoms with Crippen LogP contribution >= 0.6 is 0 Å². The van der Waals surface area contributed by atoms with E-state index in [2.05, 4.69) is 20.8 Å². The molecule has 2 N–H and O–H groups in total. The average Bonchev–Trinajstić information content (AvgIpc) is 2.24. The summed E-state index contributed by atoms with van der Waals surface area (Å²) in [4.78, 5) is 0. The predicted molar refractivity (Wildman–Crippen MR) is 53.3 cm³/mol. The van der Waals surface area contributed by atoms with Gasteiger partial charge in [0.2, 0.25) is 5.79 Å². The van der Waals surface area contributed by atoms with Gasteiger partial charge in [-0.3, -0.25) is 0 Å². The van der Waals surface area contributed by atoms with Gasteiger partial charge in [0.15, 0.2) is 13.1 Å². The summed E-state index contributed by atoms with van der Waals surface area (Å²) in [7, 11) is 0. The molecule has 0 radical (unpaired) electrons. The Kier molecular flexibility index (Phi) is 4.21. The fraction of sp³-hybridized carbons (Fsp3) is 0.800. The van der Waals surface area contributed by atoms with Crippen molar-refractivity contribution in [2.75, 3.05) is 6.79 Å². The Morgan fingerprint density at radius 2 is 1.85 bits per heavy atom. The fourth-order valence-electron chi connectivity index (χ4n) is 1.40. The van der Waals surface area contributed by atoms with E-state index in [1.54, 1.807) is 0 Å². The van der Waals surface area contributed by atoms with Crippen LogP contribution in [-0.2, 0) is 14.2 Å². The van der Waals surface area contributed by atoms with E-state index >= 15 is 0 Å². The minimum atomic E-state index is -5.81. The second-order valence-electron chi connectivity index (χ2n) is 4.38. The molecule has 1 aliphatic rings. The van der Waals surface area contributed by atoms with Crippen LogP contribution in [-0.4, -0.2) is 47.0 Å². The minimum absolute atomic E-state index is 0.146. The molecule has 0 spiro atoms. The highest BCUT2D eigenvalue weighted by atomic mass is 19.4. The molecule has 1 rings (SSSR count). The zero-order valence-electron chi connectivity index (χ0n) is 10.5. The first-order chi connectivity index (χ1) is 8.78. The molecule has 10 heteroatoms. The topological polar surface area (TPSA) is 68.2 Å². The normalized spacial score (nSPS) is 35.6. The van der Waals surface area contributed by atoms with Crippen LogP contribution in [0.3, 0.4) is 0 Å². The Morgan fingerprint density at radius 1 is 1.35 bits per heavy atom. The maximum atomic E-state index is 13.9. The van der Waals surface area contributed by atoms with Crippen LogP contribution in [0, 0.1) is 0 Å². The SMILES string of the molecule is C=C(C)C(O)OC1(C)OCOC(O)(C(F)(F)F)C1(F)F. The van der Waals surface area contributed by atoms with Crippen molar-refractivity contribution >= 4 is 0 Å². The van der Waals surface area contributed by atoms with E-state index in [9.17, 15) is 27.1 Å². The van der Waals surface area contributed by atoms with Crippen LogP contribution in [0.2, 0.25) is 0 Å². The van der Waals surface area contributed by atoms with Gasteiger partial charge in [0.1, 0.15) is 0 Å². The Balaban J connectivity index is 3.19. The van der Waals surface area contributed by atoms with Crippen molar-refractivity contribution in [1.29, 1.82) is 0 Å². The summed E-state index contributed by atoms with van der Waals surface area (Å²) in [5.74, 6) is -13.1. The van der Waals surface area contributed by atoms with E-state index in [-0.39, 0.29) is 5.57 Å². The van der Waals surface area contributed by atoms with E-state index < -0.39 is 36.8 Å². The molecule has 1 saturated heterocycles. The lowest BCUT2D eigenvalue weighted by Crippen LogP contribution is -2.73. The maximum absolute atomic E-state index is 13.9. The van der Waals surface area contributed by atoms with Crippen LogP contribution in [0.4, 0.5) is 22.0 Å². The van der Waals surface area contributed by atoms with Gasteiger partial charge < -0.3 is 24.4 Å². The van der Waals surface area contributed by atoms with Crippen molar-refractivity contribution in [2.24, 2.45) is 0 Å². The molecular weight excluding hydrogens is 295 g/mol. The van der Waals surface area contributed by atoms with Crippen LogP contribution in [0.5, 0.6) is 0 Å². The van der Waals surface area contributed by atoms with Gasteiger partial charge in [-0.15, -0.1) is 0 Å². The lowest BCUT2D eigenvalue weighted by atomic mass is 9.98. The van der Waals surface area contributed by atoms with Gasteiger partial charge in [0, 0.05) is 0 Å². The Hall–Kier alpha value is -0.810. The summed E-state index contributed by atoms with van der Waals surface area (Å²) in [6.45, 7) is 3.52. The third kappa shape index (κ3) is 2.42. The zero-order valence-corrected chi connectivity index (χ0v) is 10.5. The molecule has 20 heavy (non-hydrogen) atoms. The van der Waals surface area contributed by atoms with Crippen molar-refractivity contribution in [3.63, 3.8) is 0 Å². The Morgan fingerprint density at radius 3 is 2.25 bits per heavy atom. The molecule has 0 aliphatic carbocycles. The molecule has 0 bridgehead atoms. The minimum Gasteiger partial charge on any atom is -0.364 e. The highest BCUT2D eigenvalue weighted by molar-refractivity contribution is 5.03. The molecular formula is C10H13F5O5. The summed E-state index contributed by atoms with van der Waals surface area (Å²) < 4.78 is 78.1. The van der Waals surface area contributed by atoms with Gasteiger partial charge in [-0.1, -0.05) is 6.58 Å². The quantitative estimate of drug-likeness (QED) is 0.470. The first kappa shape index (κ1) is 17.2. The van der Waals surface area contributed by atoms with Crippen molar-refractivity contribution in [3.05, 3.63) is 12.2 Å². The van der Waals surface area contributed by atoms with Crippen LogP contribution in [0.15, 0.2) is 12.2 Å². The molecule has 0 aromatic rings. The number of aliphatic hydroxyl groups excluding tert-OH is 1. The van der Waals surface area contributed by atoms with E-state index in [0.29, 0.717) is 6.92 Å². The maximum Gasteiger partial charge on any atom is 0.450 e. The lowest BCUT2D eigenvalue weighted by Gasteiger charge is -2.49. The first-order valence-electron chi connectivity index (χ1n) is 5.24. The smallest absolute Gasteiger partial charge is 0.364 e. The molecule has 0 saturated carbocycles. The lowest BCUT2D eigenvalue weighted by molar-refractivity contribution is -0.537. The van der Waals surface area contributed by atoms with Crippen LogP contribution < -0.4 is 0 Å². The number of hydrogen-bond donors (Lipinski definition) is 2. The van der Waals surface area contributed by atoms with E-state index in [1.807, 2.05) is 0 Å². The van der Waals surface area contributed by atoms with Crippen molar-refractivity contribution in [1.82, 2.24) is 0 Å².